The first kappa shape index (κ1) is 22.1. The highest BCUT2D eigenvalue weighted by atomic mass is 35.5. The maximum absolute atomic E-state index is 11.9. The molecule has 140 valence electrons. The van der Waals surface area contributed by atoms with E-state index < -0.39 is 0 Å². The van der Waals surface area contributed by atoms with Crippen molar-refractivity contribution in [1.29, 1.82) is 0 Å². The number of amides is 1. The molecule has 0 fully saturated rings. The predicted octanol–water partition coefficient (Wildman–Crippen LogP) is 6.58. The zero-order valence-corrected chi connectivity index (χ0v) is 18.4. The highest BCUT2D eigenvalue weighted by Gasteiger charge is 2.06. The summed E-state index contributed by atoms with van der Waals surface area (Å²) in [5.41, 5.74) is 1.98. The summed E-state index contributed by atoms with van der Waals surface area (Å²) in [4.78, 5) is 11.9. The molecule has 2 aromatic rings. The summed E-state index contributed by atoms with van der Waals surface area (Å²) in [6.07, 6.45) is 0. The van der Waals surface area contributed by atoms with E-state index in [0.717, 1.165) is 22.6 Å². The molecule has 0 bridgehead atoms. The molecule has 2 aromatic carbocycles. The Kier molecular flexibility index (Phi) is 9.82. The average molecular weight is 469 g/mol. The molecule has 1 amide bonds. The number of benzene rings is 2. The van der Waals surface area contributed by atoms with Crippen molar-refractivity contribution in [3.05, 3.63) is 67.6 Å². The van der Waals surface area contributed by atoms with E-state index in [-0.39, 0.29) is 5.91 Å². The lowest BCUT2D eigenvalue weighted by Gasteiger charge is -2.08. The SMILES string of the molecule is O=C(CSCc1ccc(Cl)c(Cl)c1)NCCSCc1c(Cl)cccc1Cl. The lowest BCUT2D eigenvalue weighted by atomic mass is 10.2. The van der Waals surface area contributed by atoms with Gasteiger partial charge in [0.1, 0.15) is 0 Å². The molecule has 1 N–H and O–H groups in total. The Labute approximate surface area is 182 Å². The van der Waals surface area contributed by atoms with Crippen LogP contribution in [0.1, 0.15) is 11.1 Å². The van der Waals surface area contributed by atoms with Gasteiger partial charge in [0.15, 0.2) is 0 Å². The van der Waals surface area contributed by atoms with Gasteiger partial charge >= 0.3 is 0 Å². The Morgan fingerprint density at radius 2 is 1.62 bits per heavy atom. The average Bonchev–Trinajstić information content (AvgIpc) is 2.60. The monoisotopic (exact) mass is 467 g/mol. The van der Waals surface area contributed by atoms with Crippen molar-refractivity contribution in [3.8, 4) is 0 Å². The smallest absolute Gasteiger partial charge is 0.230 e. The first-order valence-corrected chi connectivity index (χ1v) is 11.6. The van der Waals surface area contributed by atoms with Crippen molar-refractivity contribution in [1.82, 2.24) is 5.32 Å². The fraction of sp³-hybridized carbons (Fsp3) is 0.278. The molecule has 0 aliphatic carbocycles. The highest BCUT2D eigenvalue weighted by Crippen LogP contribution is 2.28. The largest absolute Gasteiger partial charge is 0.355 e. The van der Waals surface area contributed by atoms with Gasteiger partial charge in [-0.2, -0.15) is 11.8 Å². The Bertz CT molecular complexity index is 738. The molecule has 0 radical (unpaired) electrons. The Morgan fingerprint density at radius 1 is 0.885 bits per heavy atom. The van der Waals surface area contributed by atoms with Crippen LogP contribution < -0.4 is 5.32 Å². The number of hydrogen-bond acceptors (Lipinski definition) is 3. The zero-order valence-electron chi connectivity index (χ0n) is 13.7. The molecule has 0 atom stereocenters. The maximum atomic E-state index is 11.9. The minimum absolute atomic E-state index is 0.0198. The van der Waals surface area contributed by atoms with Crippen LogP contribution in [0.25, 0.3) is 0 Å². The van der Waals surface area contributed by atoms with Gasteiger partial charge in [0, 0.05) is 33.8 Å². The van der Waals surface area contributed by atoms with E-state index >= 15 is 0 Å². The van der Waals surface area contributed by atoms with Gasteiger partial charge in [-0.15, -0.1) is 11.8 Å². The third kappa shape index (κ3) is 7.41. The number of thioether (sulfide) groups is 2. The van der Waals surface area contributed by atoms with Gasteiger partial charge in [-0.25, -0.2) is 0 Å². The van der Waals surface area contributed by atoms with Crippen LogP contribution in [0.4, 0.5) is 0 Å². The number of carbonyl (C=O) groups is 1. The molecule has 0 aromatic heterocycles. The first-order valence-electron chi connectivity index (χ1n) is 7.76. The van der Waals surface area contributed by atoms with Crippen LogP contribution in [0, 0.1) is 0 Å². The molecule has 0 spiro atoms. The molecule has 8 heteroatoms. The van der Waals surface area contributed by atoms with Crippen molar-refractivity contribution in [2.45, 2.75) is 11.5 Å². The number of hydrogen-bond donors (Lipinski definition) is 1. The molecule has 0 heterocycles. The van der Waals surface area contributed by atoms with E-state index in [2.05, 4.69) is 5.32 Å². The summed E-state index contributed by atoms with van der Waals surface area (Å²) in [6.45, 7) is 0.610. The van der Waals surface area contributed by atoms with Crippen LogP contribution in [-0.4, -0.2) is 24.0 Å². The number of carbonyl (C=O) groups excluding carboxylic acids is 1. The highest BCUT2D eigenvalue weighted by molar-refractivity contribution is 7.99. The topological polar surface area (TPSA) is 29.1 Å². The molecule has 0 unspecified atom stereocenters. The van der Waals surface area contributed by atoms with Crippen molar-refractivity contribution in [3.63, 3.8) is 0 Å². The van der Waals surface area contributed by atoms with E-state index in [0.29, 0.717) is 38.1 Å². The zero-order chi connectivity index (χ0) is 18.9. The molecule has 0 aliphatic rings. The quantitative estimate of drug-likeness (QED) is 0.421. The van der Waals surface area contributed by atoms with E-state index in [1.54, 1.807) is 17.8 Å². The molecule has 0 saturated heterocycles. The van der Waals surface area contributed by atoms with Crippen LogP contribution in [-0.2, 0) is 16.3 Å². The van der Waals surface area contributed by atoms with E-state index in [1.165, 1.54) is 11.8 Å². The van der Waals surface area contributed by atoms with Crippen LogP contribution in [0.5, 0.6) is 0 Å². The van der Waals surface area contributed by atoms with E-state index in [1.807, 2.05) is 30.3 Å². The Balaban J connectivity index is 1.59. The molecule has 26 heavy (non-hydrogen) atoms. The first-order chi connectivity index (χ1) is 12.5. The Hall–Kier alpha value is -0.230. The van der Waals surface area contributed by atoms with Crippen LogP contribution >= 0.6 is 69.9 Å². The van der Waals surface area contributed by atoms with Crippen molar-refractivity contribution in [2.24, 2.45) is 0 Å². The third-order valence-electron chi connectivity index (χ3n) is 3.36. The van der Waals surface area contributed by atoms with Crippen LogP contribution in [0.15, 0.2) is 36.4 Å². The molecular formula is C18H17Cl4NOS2. The number of halogens is 4. The summed E-state index contributed by atoms with van der Waals surface area (Å²) in [5, 5.41) is 5.33. The minimum atomic E-state index is 0.0198. The van der Waals surface area contributed by atoms with Gasteiger partial charge in [-0.05, 0) is 35.4 Å². The van der Waals surface area contributed by atoms with Crippen molar-refractivity contribution in [2.75, 3.05) is 18.1 Å². The fourth-order valence-electron chi connectivity index (χ4n) is 2.05. The van der Waals surface area contributed by atoms with Gasteiger partial charge in [-0.1, -0.05) is 58.5 Å². The van der Waals surface area contributed by atoms with Gasteiger partial charge in [0.25, 0.3) is 0 Å². The summed E-state index contributed by atoms with van der Waals surface area (Å²) < 4.78 is 0. The number of rotatable bonds is 9. The lowest BCUT2D eigenvalue weighted by molar-refractivity contribution is -0.118. The van der Waals surface area contributed by atoms with Gasteiger partial charge in [0.05, 0.1) is 15.8 Å². The van der Waals surface area contributed by atoms with E-state index in [9.17, 15) is 4.79 Å². The molecular weight excluding hydrogens is 452 g/mol. The third-order valence-corrected chi connectivity index (χ3v) is 6.80. The van der Waals surface area contributed by atoms with Gasteiger partial charge in [0.2, 0.25) is 5.91 Å². The Morgan fingerprint density at radius 3 is 2.31 bits per heavy atom. The summed E-state index contributed by atoms with van der Waals surface area (Å²) in [7, 11) is 0. The second-order valence-electron chi connectivity index (χ2n) is 5.34. The lowest BCUT2D eigenvalue weighted by Crippen LogP contribution is -2.27. The second kappa shape index (κ2) is 11.6. The maximum Gasteiger partial charge on any atom is 0.230 e. The molecule has 2 nitrogen and oxygen atoms in total. The van der Waals surface area contributed by atoms with Crippen LogP contribution in [0.3, 0.4) is 0 Å². The summed E-state index contributed by atoms with van der Waals surface area (Å²) in [6, 6.07) is 11.0. The summed E-state index contributed by atoms with van der Waals surface area (Å²) >= 11 is 27.3. The second-order valence-corrected chi connectivity index (χ2v) is 9.06. The molecule has 0 saturated carbocycles. The van der Waals surface area contributed by atoms with Crippen molar-refractivity contribution >= 4 is 75.8 Å². The van der Waals surface area contributed by atoms with Gasteiger partial charge < -0.3 is 5.32 Å². The standard InChI is InChI=1S/C18H17Cl4NOS2/c19-14-2-1-3-15(20)13(14)10-25-7-6-23-18(24)11-26-9-12-4-5-16(21)17(22)8-12/h1-5,8H,6-7,9-11H2,(H,23,24). The fourth-order valence-corrected chi connectivity index (χ4v) is 4.77. The number of nitrogens with one attached hydrogen (secondary N) is 1. The van der Waals surface area contributed by atoms with Gasteiger partial charge in [-0.3, -0.25) is 4.79 Å². The normalized spacial score (nSPS) is 10.8. The molecule has 2 rings (SSSR count). The predicted molar refractivity (Wildman–Crippen MR) is 118 cm³/mol. The summed E-state index contributed by atoms with van der Waals surface area (Å²) in [5.74, 6) is 2.66. The van der Waals surface area contributed by atoms with Crippen molar-refractivity contribution < 1.29 is 4.79 Å². The van der Waals surface area contributed by atoms with Crippen LogP contribution in [0.2, 0.25) is 20.1 Å². The molecule has 0 aliphatic heterocycles. The minimum Gasteiger partial charge on any atom is -0.355 e. The van der Waals surface area contributed by atoms with E-state index in [4.69, 9.17) is 46.4 Å².